The molecule has 6 nitrogen and oxygen atoms in total. The van der Waals surface area contributed by atoms with Crippen LogP contribution < -0.4 is 5.32 Å². The van der Waals surface area contributed by atoms with Crippen LogP contribution in [0.15, 0.2) is 23.2 Å². The summed E-state index contributed by atoms with van der Waals surface area (Å²) in [6.07, 6.45) is 3.51. The average Bonchev–Trinajstić information content (AvgIpc) is 2.47. The second kappa shape index (κ2) is 6.07. The van der Waals surface area contributed by atoms with Crippen LogP contribution in [0.1, 0.15) is 12.8 Å². The Morgan fingerprint density at radius 3 is 2.85 bits per heavy atom. The van der Waals surface area contributed by atoms with Gasteiger partial charge in [-0.15, -0.1) is 0 Å². The van der Waals surface area contributed by atoms with E-state index in [-0.39, 0.29) is 10.9 Å². The summed E-state index contributed by atoms with van der Waals surface area (Å²) in [4.78, 5) is 6.42. The Morgan fingerprint density at radius 1 is 1.45 bits per heavy atom. The van der Waals surface area contributed by atoms with Gasteiger partial charge in [-0.3, -0.25) is 0 Å². The molecule has 2 rings (SSSR count). The van der Waals surface area contributed by atoms with E-state index in [0.29, 0.717) is 18.9 Å². The molecular formula is C13H22N4O2S. The molecule has 1 aromatic rings. The van der Waals surface area contributed by atoms with Crippen molar-refractivity contribution in [3.8, 4) is 0 Å². The zero-order valence-corrected chi connectivity index (χ0v) is 13.0. The lowest BCUT2D eigenvalue weighted by Crippen LogP contribution is -2.47. The lowest BCUT2D eigenvalue weighted by atomic mass is 10.1. The molecule has 2 heterocycles. The number of piperidine rings is 1. The first-order valence-electron chi connectivity index (χ1n) is 6.76. The van der Waals surface area contributed by atoms with E-state index in [1.54, 1.807) is 29.7 Å². The molecule has 0 aromatic carbocycles. The number of anilines is 1. The van der Waals surface area contributed by atoms with Gasteiger partial charge in [0.15, 0.2) is 0 Å². The molecule has 0 amide bonds. The van der Waals surface area contributed by atoms with E-state index >= 15 is 0 Å². The lowest BCUT2D eigenvalue weighted by molar-refractivity contribution is 0.190. The Balaban J connectivity index is 2.30. The molecule has 0 bridgehead atoms. The fourth-order valence-corrected chi connectivity index (χ4v) is 4.15. The Bertz CT molecular complexity index is 559. The summed E-state index contributed by atoms with van der Waals surface area (Å²) < 4.78 is 27.1. The first-order valence-corrected chi connectivity index (χ1v) is 8.20. The number of sulfonamides is 1. The molecule has 0 radical (unpaired) electrons. The van der Waals surface area contributed by atoms with Crippen LogP contribution in [0.4, 0.5) is 5.82 Å². The standard InChI is InChI=1S/C13H22N4O2S/c1-14-13-12(7-4-8-15-13)20(18,19)17-9-5-6-11(10-17)16(2)3/h4,7-8,11H,5-6,9-10H2,1-3H3,(H,14,15). The highest BCUT2D eigenvalue weighted by atomic mass is 32.2. The van der Waals surface area contributed by atoms with Crippen molar-refractivity contribution >= 4 is 15.8 Å². The van der Waals surface area contributed by atoms with Crippen molar-refractivity contribution in [3.63, 3.8) is 0 Å². The van der Waals surface area contributed by atoms with Crippen molar-refractivity contribution in [3.05, 3.63) is 18.3 Å². The van der Waals surface area contributed by atoms with Gasteiger partial charge in [0.1, 0.15) is 10.7 Å². The quantitative estimate of drug-likeness (QED) is 0.892. The summed E-state index contributed by atoms with van der Waals surface area (Å²) in [6, 6.07) is 3.53. The molecule has 112 valence electrons. The minimum Gasteiger partial charge on any atom is -0.372 e. The van der Waals surface area contributed by atoms with Gasteiger partial charge in [-0.1, -0.05) is 0 Å². The van der Waals surface area contributed by atoms with Crippen molar-refractivity contribution in [2.24, 2.45) is 0 Å². The number of aromatic nitrogens is 1. The molecule has 1 aliphatic heterocycles. The number of rotatable bonds is 4. The van der Waals surface area contributed by atoms with Gasteiger partial charge >= 0.3 is 0 Å². The van der Waals surface area contributed by atoms with E-state index < -0.39 is 10.0 Å². The van der Waals surface area contributed by atoms with Gasteiger partial charge in [0.05, 0.1) is 0 Å². The predicted molar refractivity (Wildman–Crippen MR) is 79.3 cm³/mol. The van der Waals surface area contributed by atoms with Crippen molar-refractivity contribution in [1.82, 2.24) is 14.2 Å². The molecule has 1 atom stereocenters. The zero-order chi connectivity index (χ0) is 14.8. The fourth-order valence-electron chi connectivity index (χ4n) is 2.49. The third kappa shape index (κ3) is 2.94. The van der Waals surface area contributed by atoms with Gasteiger partial charge < -0.3 is 10.2 Å². The monoisotopic (exact) mass is 298 g/mol. The molecule has 1 aliphatic rings. The van der Waals surface area contributed by atoms with Crippen LogP contribution in [0.25, 0.3) is 0 Å². The minimum atomic E-state index is -3.49. The molecule has 0 saturated carbocycles. The molecule has 1 fully saturated rings. The molecule has 0 spiro atoms. The number of pyridine rings is 1. The summed E-state index contributed by atoms with van der Waals surface area (Å²) in [5.74, 6) is 0.402. The van der Waals surface area contributed by atoms with Crippen LogP contribution in [0.2, 0.25) is 0 Å². The smallest absolute Gasteiger partial charge is 0.246 e. The summed E-state index contributed by atoms with van der Waals surface area (Å²) in [6.45, 7) is 1.11. The van der Waals surface area contributed by atoms with Crippen LogP contribution >= 0.6 is 0 Å². The van der Waals surface area contributed by atoms with Gasteiger partial charge in [0.25, 0.3) is 0 Å². The van der Waals surface area contributed by atoms with Crippen LogP contribution in [-0.2, 0) is 10.0 Å². The highest BCUT2D eigenvalue weighted by molar-refractivity contribution is 7.89. The first kappa shape index (κ1) is 15.2. The Morgan fingerprint density at radius 2 is 2.20 bits per heavy atom. The highest BCUT2D eigenvalue weighted by Gasteiger charge is 2.32. The Labute approximate surface area is 120 Å². The Hall–Kier alpha value is -1.18. The van der Waals surface area contributed by atoms with Gasteiger partial charge in [-0.25, -0.2) is 13.4 Å². The lowest BCUT2D eigenvalue weighted by Gasteiger charge is -2.35. The molecule has 1 saturated heterocycles. The van der Waals surface area contributed by atoms with Gasteiger partial charge in [-0.2, -0.15) is 4.31 Å². The molecule has 0 aliphatic carbocycles. The normalized spacial score (nSPS) is 21.1. The third-order valence-electron chi connectivity index (χ3n) is 3.71. The molecule has 1 N–H and O–H groups in total. The summed E-state index contributed by atoms with van der Waals surface area (Å²) >= 11 is 0. The second-order valence-corrected chi connectivity index (χ2v) is 7.13. The second-order valence-electron chi connectivity index (χ2n) is 5.22. The maximum absolute atomic E-state index is 12.8. The van der Waals surface area contributed by atoms with Gasteiger partial charge in [-0.05, 0) is 39.1 Å². The number of likely N-dealkylation sites (N-methyl/N-ethyl adjacent to an activating group) is 1. The highest BCUT2D eigenvalue weighted by Crippen LogP contribution is 2.25. The van der Waals surface area contributed by atoms with Crippen molar-refractivity contribution in [1.29, 1.82) is 0 Å². The van der Waals surface area contributed by atoms with Crippen LogP contribution in [0.5, 0.6) is 0 Å². The fraction of sp³-hybridized carbons (Fsp3) is 0.615. The molecule has 1 aromatic heterocycles. The number of hydrogen-bond acceptors (Lipinski definition) is 5. The summed E-state index contributed by atoms with van der Waals surface area (Å²) in [5, 5.41) is 2.85. The number of nitrogens with one attached hydrogen (secondary N) is 1. The van der Waals surface area contributed by atoms with Crippen molar-refractivity contribution in [2.45, 2.75) is 23.8 Å². The molecular weight excluding hydrogens is 276 g/mol. The average molecular weight is 298 g/mol. The van der Waals surface area contributed by atoms with Gasteiger partial charge in [0, 0.05) is 32.4 Å². The SMILES string of the molecule is CNc1ncccc1S(=O)(=O)N1CCCC(N(C)C)C1. The van der Waals surface area contributed by atoms with Crippen molar-refractivity contribution in [2.75, 3.05) is 39.5 Å². The molecule has 1 unspecified atom stereocenters. The van der Waals surface area contributed by atoms with Crippen LogP contribution in [0.3, 0.4) is 0 Å². The van der Waals surface area contributed by atoms with E-state index in [4.69, 9.17) is 0 Å². The predicted octanol–water partition coefficient (Wildman–Crippen LogP) is 0.838. The van der Waals surface area contributed by atoms with Crippen LogP contribution in [0, 0.1) is 0 Å². The van der Waals surface area contributed by atoms with E-state index in [2.05, 4.69) is 15.2 Å². The molecule has 7 heteroatoms. The summed E-state index contributed by atoms with van der Waals surface area (Å²) in [7, 11) is 2.17. The maximum atomic E-state index is 12.8. The van der Waals surface area contributed by atoms with E-state index in [1.165, 1.54) is 0 Å². The molecule has 20 heavy (non-hydrogen) atoms. The Kier molecular flexibility index (Phi) is 4.62. The first-order chi connectivity index (χ1) is 9.46. The van der Waals surface area contributed by atoms with E-state index in [1.807, 2.05) is 14.1 Å². The summed E-state index contributed by atoms with van der Waals surface area (Å²) in [5.41, 5.74) is 0. The van der Waals surface area contributed by atoms with E-state index in [9.17, 15) is 8.42 Å². The topological polar surface area (TPSA) is 65.5 Å². The zero-order valence-electron chi connectivity index (χ0n) is 12.2. The maximum Gasteiger partial charge on any atom is 0.246 e. The third-order valence-corrected chi connectivity index (χ3v) is 5.61. The van der Waals surface area contributed by atoms with E-state index in [0.717, 1.165) is 12.8 Å². The minimum absolute atomic E-state index is 0.252. The van der Waals surface area contributed by atoms with Gasteiger partial charge in [0.2, 0.25) is 10.0 Å². The number of hydrogen-bond donors (Lipinski definition) is 1. The van der Waals surface area contributed by atoms with Crippen LogP contribution in [-0.4, -0.2) is 62.9 Å². The number of nitrogens with zero attached hydrogens (tertiary/aromatic N) is 3. The largest absolute Gasteiger partial charge is 0.372 e. The van der Waals surface area contributed by atoms with Crippen molar-refractivity contribution < 1.29 is 8.42 Å².